The Morgan fingerprint density at radius 1 is 1.08 bits per heavy atom. The molecule has 2 aliphatic rings. The van der Waals surface area contributed by atoms with Gasteiger partial charge in [-0.2, -0.15) is 0 Å². The van der Waals surface area contributed by atoms with Gasteiger partial charge in [0, 0.05) is 48.6 Å². The van der Waals surface area contributed by atoms with E-state index in [1.807, 2.05) is 24.3 Å². The van der Waals surface area contributed by atoms with Gasteiger partial charge in [-0.25, -0.2) is 0 Å². The van der Waals surface area contributed by atoms with Crippen molar-refractivity contribution in [3.8, 4) is 0 Å². The number of nitrogens with two attached hydrogens (primary N) is 1. The van der Waals surface area contributed by atoms with Gasteiger partial charge in [-0.3, -0.25) is 19.3 Å². The van der Waals surface area contributed by atoms with E-state index in [1.165, 1.54) is 4.90 Å². The molecule has 2 aliphatic heterocycles. The minimum atomic E-state index is -0.282. The Hall–Kier alpha value is -2.73. The number of carbonyl (C=O) groups excluding carboxylic acids is 3. The predicted octanol–water partition coefficient (Wildman–Crippen LogP) is 1.78. The third kappa shape index (κ3) is 2.76. The van der Waals surface area contributed by atoms with E-state index in [1.54, 1.807) is 17.0 Å². The molecule has 0 spiro atoms. The van der Waals surface area contributed by atoms with Crippen LogP contribution < -0.4 is 5.73 Å². The molecule has 4 rings (SSSR count). The Morgan fingerprint density at radius 2 is 1.73 bits per heavy atom. The lowest BCUT2D eigenvalue weighted by molar-refractivity contribution is -0.130. The van der Waals surface area contributed by atoms with Crippen molar-refractivity contribution in [1.29, 1.82) is 0 Å². The van der Waals surface area contributed by atoms with E-state index in [0.717, 1.165) is 17.2 Å². The van der Waals surface area contributed by atoms with Crippen molar-refractivity contribution in [3.63, 3.8) is 0 Å². The molecule has 2 aromatic carbocycles. The third-order valence-corrected chi connectivity index (χ3v) is 5.21. The molecule has 134 valence electrons. The maximum Gasteiger partial charge on any atom is 0.261 e. The van der Waals surface area contributed by atoms with Gasteiger partial charge in [0.2, 0.25) is 5.91 Å². The second-order valence-corrected chi connectivity index (χ2v) is 6.96. The van der Waals surface area contributed by atoms with Gasteiger partial charge in [0.15, 0.2) is 0 Å². The lowest BCUT2D eigenvalue weighted by atomic mass is 9.94. The third-order valence-electron chi connectivity index (χ3n) is 5.21. The van der Waals surface area contributed by atoms with Crippen LogP contribution in [0.25, 0.3) is 10.8 Å². The zero-order chi connectivity index (χ0) is 18.3. The Bertz CT molecular complexity index is 858. The number of hydrogen-bond donors (Lipinski definition) is 1. The highest BCUT2D eigenvalue weighted by Gasteiger charge is 2.32. The summed E-state index contributed by atoms with van der Waals surface area (Å²) >= 11 is 0. The van der Waals surface area contributed by atoms with Crippen molar-refractivity contribution in [3.05, 3.63) is 47.5 Å². The second-order valence-electron chi connectivity index (χ2n) is 6.96. The molecule has 6 nitrogen and oxygen atoms in total. The van der Waals surface area contributed by atoms with Crippen molar-refractivity contribution in [2.24, 2.45) is 5.73 Å². The molecule has 0 aliphatic carbocycles. The first-order valence-electron chi connectivity index (χ1n) is 8.97. The number of benzene rings is 2. The number of likely N-dealkylation sites (tertiary alicyclic amines) is 1. The fourth-order valence-corrected chi connectivity index (χ4v) is 3.84. The van der Waals surface area contributed by atoms with Crippen LogP contribution in [0.2, 0.25) is 0 Å². The highest BCUT2D eigenvalue weighted by molar-refractivity contribution is 6.25. The molecule has 0 unspecified atom stereocenters. The summed E-state index contributed by atoms with van der Waals surface area (Å²) in [4.78, 5) is 40.8. The van der Waals surface area contributed by atoms with Crippen molar-refractivity contribution < 1.29 is 14.4 Å². The SMILES string of the molecule is N[C@@H]1CCN(C(=O)CCCN2C(=O)c3cccc4cccc(c34)C2=O)C1. The average molecular weight is 351 g/mol. The maximum absolute atomic E-state index is 12.8. The smallest absolute Gasteiger partial charge is 0.261 e. The Labute approximate surface area is 151 Å². The van der Waals surface area contributed by atoms with Gasteiger partial charge >= 0.3 is 0 Å². The van der Waals surface area contributed by atoms with E-state index < -0.39 is 0 Å². The molecule has 2 aromatic rings. The first-order valence-corrected chi connectivity index (χ1v) is 8.97. The minimum absolute atomic E-state index is 0.0392. The van der Waals surface area contributed by atoms with E-state index in [9.17, 15) is 14.4 Å². The van der Waals surface area contributed by atoms with Crippen molar-refractivity contribution in [2.45, 2.75) is 25.3 Å². The summed E-state index contributed by atoms with van der Waals surface area (Å²) in [5.74, 6) is -0.526. The van der Waals surface area contributed by atoms with E-state index >= 15 is 0 Å². The van der Waals surface area contributed by atoms with Crippen LogP contribution >= 0.6 is 0 Å². The highest BCUT2D eigenvalue weighted by Crippen LogP contribution is 2.30. The number of amides is 3. The first kappa shape index (κ1) is 16.7. The zero-order valence-corrected chi connectivity index (χ0v) is 14.5. The lowest BCUT2D eigenvalue weighted by Gasteiger charge is -2.27. The molecule has 1 fully saturated rings. The molecule has 0 aromatic heterocycles. The zero-order valence-electron chi connectivity index (χ0n) is 14.5. The van der Waals surface area contributed by atoms with Crippen molar-refractivity contribution in [1.82, 2.24) is 9.80 Å². The number of hydrogen-bond acceptors (Lipinski definition) is 4. The van der Waals surface area contributed by atoms with Gasteiger partial charge in [-0.15, -0.1) is 0 Å². The molecule has 26 heavy (non-hydrogen) atoms. The molecule has 0 saturated carbocycles. The lowest BCUT2D eigenvalue weighted by Crippen LogP contribution is -2.41. The molecular weight excluding hydrogens is 330 g/mol. The van der Waals surface area contributed by atoms with E-state index in [-0.39, 0.29) is 30.3 Å². The molecule has 3 amide bonds. The fraction of sp³-hybridized carbons (Fsp3) is 0.350. The van der Waals surface area contributed by atoms with Crippen molar-refractivity contribution in [2.75, 3.05) is 19.6 Å². The van der Waals surface area contributed by atoms with E-state index in [0.29, 0.717) is 37.1 Å². The molecular formula is C20H21N3O3. The van der Waals surface area contributed by atoms with E-state index in [4.69, 9.17) is 5.73 Å². The Kier molecular flexibility index (Phi) is 4.20. The van der Waals surface area contributed by atoms with Gasteiger partial charge in [0.05, 0.1) is 0 Å². The van der Waals surface area contributed by atoms with Crippen LogP contribution in [-0.2, 0) is 4.79 Å². The summed E-state index contributed by atoms with van der Waals surface area (Å²) in [6.07, 6.45) is 1.60. The standard InChI is InChI=1S/C20H21N3O3/c21-14-9-11-22(12-14)17(24)8-3-10-23-19(25)15-6-1-4-13-5-2-7-16(18(13)15)20(23)26/h1-2,4-7,14H,3,8-12,21H2/t14-/m1/s1. The summed E-state index contributed by atoms with van der Waals surface area (Å²) in [7, 11) is 0. The van der Waals surface area contributed by atoms with Crippen LogP contribution in [0.15, 0.2) is 36.4 Å². The van der Waals surface area contributed by atoms with E-state index in [2.05, 4.69) is 0 Å². The average Bonchev–Trinajstić information content (AvgIpc) is 3.08. The number of imide groups is 1. The highest BCUT2D eigenvalue weighted by atomic mass is 16.2. The van der Waals surface area contributed by atoms with Crippen LogP contribution in [0.1, 0.15) is 40.0 Å². The van der Waals surface area contributed by atoms with Crippen LogP contribution in [0.5, 0.6) is 0 Å². The number of carbonyl (C=O) groups is 3. The molecule has 0 radical (unpaired) electrons. The molecule has 2 heterocycles. The van der Waals surface area contributed by atoms with Crippen LogP contribution in [0, 0.1) is 0 Å². The predicted molar refractivity (Wildman–Crippen MR) is 97.7 cm³/mol. The molecule has 0 bridgehead atoms. The summed E-state index contributed by atoms with van der Waals surface area (Å²) in [5, 5.41) is 1.62. The molecule has 2 N–H and O–H groups in total. The maximum atomic E-state index is 12.8. The summed E-state index contributed by atoms with van der Waals surface area (Å²) in [5.41, 5.74) is 6.94. The van der Waals surface area contributed by atoms with Crippen molar-refractivity contribution >= 4 is 28.5 Å². The van der Waals surface area contributed by atoms with Gasteiger partial charge in [-0.05, 0) is 30.4 Å². The minimum Gasteiger partial charge on any atom is -0.341 e. The van der Waals surface area contributed by atoms with Crippen LogP contribution in [0.3, 0.4) is 0 Å². The normalized spacial score (nSPS) is 19.5. The quantitative estimate of drug-likeness (QED) is 0.851. The summed E-state index contributed by atoms with van der Waals surface area (Å²) in [6.45, 7) is 1.53. The Morgan fingerprint density at radius 3 is 2.31 bits per heavy atom. The largest absolute Gasteiger partial charge is 0.341 e. The first-order chi connectivity index (χ1) is 12.6. The van der Waals surface area contributed by atoms with Gasteiger partial charge in [0.1, 0.15) is 0 Å². The summed E-state index contributed by atoms with van der Waals surface area (Å²) in [6, 6.07) is 11.0. The second kappa shape index (κ2) is 6.53. The van der Waals surface area contributed by atoms with Crippen LogP contribution in [-0.4, -0.2) is 53.2 Å². The molecule has 1 saturated heterocycles. The van der Waals surface area contributed by atoms with Crippen LogP contribution in [0.4, 0.5) is 0 Å². The fourth-order valence-electron chi connectivity index (χ4n) is 3.84. The molecule has 1 atom stereocenters. The summed E-state index contributed by atoms with van der Waals surface area (Å²) < 4.78 is 0. The van der Waals surface area contributed by atoms with Gasteiger partial charge < -0.3 is 10.6 Å². The van der Waals surface area contributed by atoms with Gasteiger partial charge in [0.25, 0.3) is 11.8 Å². The Balaban J connectivity index is 1.48. The number of nitrogens with zero attached hydrogens (tertiary/aromatic N) is 2. The number of rotatable bonds is 4. The monoisotopic (exact) mass is 351 g/mol. The molecule has 6 heteroatoms. The van der Waals surface area contributed by atoms with Gasteiger partial charge in [-0.1, -0.05) is 24.3 Å². The topological polar surface area (TPSA) is 83.7 Å².